The Balaban J connectivity index is 2.58. The van der Waals surface area contributed by atoms with E-state index in [4.69, 9.17) is 4.74 Å². The standard InChI is InChI=1S/C16H15F2NO4/c1-3-8(2)23-16(22)13(15(20)21)12-10(17)7-11-9(14(12)18)5-4-6-19-11/h4-8,13H,3H2,1-2H3,(H,20,21). The average Bonchev–Trinajstić information content (AvgIpc) is 2.50. The number of fused-ring (bicyclic) bond motifs is 1. The topological polar surface area (TPSA) is 76.5 Å². The lowest BCUT2D eigenvalue weighted by Gasteiger charge is -2.17. The van der Waals surface area contributed by atoms with Crippen molar-refractivity contribution in [1.82, 2.24) is 4.98 Å². The van der Waals surface area contributed by atoms with Gasteiger partial charge in [-0.05, 0) is 25.5 Å². The summed E-state index contributed by atoms with van der Waals surface area (Å²) in [6.07, 6.45) is 1.25. The molecule has 7 heteroatoms. The van der Waals surface area contributed by atoms with Crippen LogP contribution in [0.2, 0.25) is 0 Å². The average molecular weight is 323 g/mol. The molecule has 1 heterocycles. The Labute approximate surface area is 130 Å². The summed E-state index contributed by atoms with van der Waals surface area (Å²) in [6.45, 7) is 3.30. The van der Waals surface area contributed by atoms with E-state index in [0.717, 1.165) is 6.07 Å². The van der Waals surface area contributed by atoms with Crippen LogP contribution in [-0.4, -0.2) is 28.1 Å². The van der Waals surface area contributed by atoms with Gasteiger partial charge in [-0.2, -0.15) is 0 Å². The zero-order chi connectivity index (χ0) is 17.1. The monoisotopic (exact) mass is 323 g/mol. The third-order valence-electron chi connectivity index (χ3n) is 3.50. The van der Waals surface area contributed by atoms with Crippen LogP contribution in [0.4, 0.5) is 8.78 Å². The summed E-state index contributed by atoms with van der Waals surface area (Å²) in [5.74, 6) is -7.23. The number of hydrogen-bond donors (Lipinski definition) is 1. The van der Waals surface area contributed by atoms with Crippen molar-refractivity contribution in [3.8, 4) is 0 Å². The number of hydrogen-bond acceptors (Lipinski definition) is 4. The van der Waals surface area contributed by atoms with E-state index in [1.54, 1.807) is 13.8 Å². The summed E-state index contributed by atoms with van der Waals surface area (Å²) in [4.78, 5) is 27.3. The Morgan fingerprint density at radius 3 is 2.70 bits per heavy atom. The van der Waals surface area contributed by atoms with Crippen molar-refractivity contribution in [2.45, 2.75) is 32.3 Å². The van der Waals surface area contributed by atoms with Crippen LogP contribution in [0.25, 0.3) is 10.9 Å². The summed E-state index contributed by atoms with van der Waals surface area (Å²) < 4.78 is 33.7. The molecule has 0 spiro atoms. The van der Waals surface area contributed by atoms with Gasteiger partial charge in [-0.15, -0.1) is 0 Å². The Hall–Kier alpha value is -2.57. The fourth-order valence-corrected chi connectivity index (χ4v) is 2.12. The number of esters is 1. The van der Waals surface area contributed by atoms with E-state index < -0.39 is 41.2 Å². The second-order valence-electron chi connectivity index (χ2n) is 5.08. The fourth-order valence-electron chi connectivity index (χ4n) is 2.12. The zero-order valence-corrected chi connectivity index (χ0v) is 12.5. The number of nitrogens with zero attached hydrogens (tertiary/aromatic N) is 1. The molecule has 2 atom stereocenters. The number of carbonyl (C=O) groups is 2. The lowest BCUT2D eigenvalue weighted by atomic mass is 9.96. The van der Waals surface area contributed by atoms with E-state index in [2.05, 4.69) is 4.98 Å². The Morgan fingerprint density at radius 1 is 1.39 bits per heavy atom. The summed E-state index contributed by atoms with van der Waals surface area (Å²) >= 11 is 0. The van der Waals surface area contributed by atoms with Gasteiger partial charge in [0.05, 0.1) is 11.6 Å². The van der Waals surface area contributed by atoms with Gasteiger partial charge < -0.3 is 9.84 Å². The lowest BCUT2D eigenvalue weighted by Crippen LogP contribution is -2.28. The van der Waals surface area contributed by atoms with Gasteiger partial charge in [0.1, 0.15) is 11.6 Å². The van der Waals surface area contributed by atoms with Crippen LogP contribution in [0, 0.1) is 11.6 Å². The predicted molar refractivity (Wildman–Crippen MR) is 77.9 cm³/mol. The van der Waals surface area contributed by atoms with Crippen LogP contribution in [0.15, 0.2) is 24.4 Å². The highest BCUT2D eigenvalue weighted by Gasteiger charge is 2.36. The van der Waals surface area contributed by atoms with E-state index in [-0.39, 0.29) is 10.9 Å². The number of ether oxygens (including phenoxy) is 1. The molecule has 0 bridgehead atoms. The first-order valence-corrected chi connectivity index (χ1v) is 7.02. The summed E-state index contributed by atoms with van der Waals surface area (Å²) in [5.41, 5.74) is -0.808. The molecule has 0 fully saturated rings. The molecule has 2 rings (SSSR count). The van der Waals surface area contributed by atoms with Crippen LogP contribution < -0.4 is 0 Å². The maximum absolute atomic E-state index is 14.6. The Kier molecular flexibility index (Phi) is 4.88. The number of aromatic nitrogens is 1. The molecule has 0 amide bonds. The minimum atomic E-state index is -2.08. The number of halogens is 2. The maximum Gasteiger partial charge on any atom is 0.325 e. The first-order valence-electron chi connectivity index (χ1n) is 7.02. The number of carboxylic acid groups (broad SMARTS) is 1. The van der Waals surface area contributed by atoms with Crippen molar-refractivity contribution in [2.24, 2.45) is 0 Å². The second-order valence-corrected chi connectivity index (χ2v) is 5.08. The van der Waals surface area contributed by atoms with E-state index >= 15 is 0 Å². The second kappa shape index (κ2) is 6.68. The number of carbonyl (C=O) groups excluding carboxylic acids is 1. The quantitative estimate of drug-likeness (QED) is 0.676. The molecule has 0 aliphatic rings. The maximum atomic E-state index is 14.6. The van der Waals surface area contributed by atoms with Gasteiger partial charge in [-0.3, -0.25) is 14.6 Å². The number of aliphatic carboxylic acids is 1. The van der Waals surface area contributed by atoms with Crippen molar-refractivity contribution in [3.63, 3.8) is 0 Å². The molecular formula is C16H15F2NO4. The highest BCUT2D eigenvalue weighted by Crippen LogP contribution is 2.30. The van der Waals surface area contributed by atoms with Crippen LogP contribution in [0.1, 0.15) is 31.7 Å². The van der Waals surface area contributed by atoms with Gasteiger partial charge >= 0.3 is 11.9 Å². The van der Waals surface area contributed by atoms with Crippen LogP contribution in [-0.2, 0) is 14.3 Å². The molecule has 0 aliphatic carbocycles. The fraction of sp³-hybridized carbons (Fsp3) is 0.312. The van der Waals surface area contributed by atoms with Gasteiger partial charge in [-0.1, -0.05) is 6.92 Å². The third-order valence-corrected chi connectivity index (χ3v) is 3.50. The summed E-state index contributed by atoms with van der Waals surface area (Å²) in [6, 6.07) is 3.67. The van der Waals surface area contributed by atoms with E-state index in [1.807, 2.05) is 0 Å². The molecule has 2 unspecified atom stereocenters. The Bertz CT molecular complexity index is 763. The summed E-state index contributed by atoms with van der Waals surface area (Å²) in [7, 11) is 0. The van der Waals surface area contributed by atoms with Crippen molar-refractivity contribution >= 4 is 22.8 Å². The van der Waals surface area contributed by atoms with Crippen LogP contribution in [0.3, 0.4) is 0 Å². The highest BCUT2D eigenvalue weighted by atomic mass is 19.1. The van der Waals surface area contributed by atoms with Crippen LogP contribution in [0.5, 0.6) is 0 Å². The molecule has 0 radical (unpaired) electrons. The first kappa shape index (κ1) is 16.8. The number of carboxylic acids is 1. The molecule has 1 N–H and O–H groups in total. The van der Waals surface area contributed by atoms with Crippen molar-refractivity contribution in [1.29, 1.82) is 0 Å². The minimum absolute atomic E-state index is 0.0330. The molecule has 2 aromatic rings. The highest BCUT2D eigenvalue weighted by molar-refractivity contribution is 6.01. The van der Waals surface area contributed by atoms with Gasteiger partial charge in [0, 0.05) is 23.2 Å². The van der Waals surface area contributed by atoms with Crippen LogP contribution >= 0.6 is 0 Å². The number of benzene rings is 1. The smallest absolute Gasteiger partial charge is 0.325 e. The van der Waals surface area contributed by atoms with Crippen molar-refractivity contribution < 1.29 is 28.2 Å². The third kappa shape index (κ3) is 3.28. The number of rotatable bonds is 5. The van der Waals surface area contributed by atoms with Gasteiger partial charge in [0.15, 0.2) is 5.92 Å². The van der Waals surface area contributed by atoms with Gasteiger partial charge in [0.25, 0.3) is 0 Å². The molecule has 0 saturated heterocycles. The van der Waals surface area contributed by atoms with E-state index in [1.165, 1.54) is 18.3 Å². The van der Waals surface area contributed by atoms with E-state index in [9.17, 15) is 23.5 Å². The first-order chi connectivity index (χ1) is 10.9. The lowest BCUT2D eigenvalue weighted by molar-refractivity contribution is -0.157. The molecule has 5 nitrogen and oxygen atoms in total. The van der Waals surface area contributed by atoms with E-state index in [0.29, 0.717) is 6.42 Å². The molecule has 0 saturated carbocycles. The summed E-state index contributed by atoms with van der Waals surface area (Å²) in [5, 5.41) is 9.19. The largest absolute Gasteiger partial charge is 0.480 e. The zero-order valence-electron chi connectivity index (χ0n) is 12.5. The number of pyridine rings is 1. The molecule has 0 aliphatic heterocycles. The predicted octanol–water partition coefficient (Wildman–Crippen LogP) is 3.02. The van der Waals surface area contributed by atoms with Gasteiger partial charge in [0.2, 0.25) is 0 Å². The Morgan fingerprint density at radius 2 is 2.09 bits per heavy atom. The van der Waals surface area contributed by atoms with Gasteiger partial charge in [-0.25, -0.2) is 8.78 Å². The molecule has 1 aromatic carbocycles. The molecule has 122 valence electrons. The molecular weight excluding hydrogens is 308 g/mol. The van der Waals surface area contributed by atoms with Crippen molar-refractivity contribution in [3.05, 3.63) is 41.6 Å². The minimum Gasteiger partial charge on any atom is -0.480 e. The normalized spacial score (nSPS) is 13.6. The van der Waals surface area contributed by atoms with Crippen molar-refractivity contribution in [2.75, 3.05) is 0 Å². The SMILES string of the molecule is CCC(C)OC(=O)C(C(=O)O)c1c(F)cc2ncccc2c1F. The molecule has 1 aromatic heterocycles. The molecule has 23 heavy (non-hydrogen) atoms.